The van der Waals surface area contributed by atoms with Crippen molar-refractivity contribution in [1.82, 2.24) is 10.2 Å². The zero-order valence-corrected chi connectivity index (χ0v) is 9.50. The largest absolute Gasteiger partial charge is 0.325 e. The van der Waals surface area contributed by atoms with Gasteiger partial charge in [-0.3, -0.25) is 9.69 Å². The number of hydrogen-bond donors (Lipinski definition) is 1. The fraction of sp³-hybridized carbons (Fsp3) is 0.455. The molecule has 1 saturated carbocycles. The maximum absolute atomic E-state index is 12.1. The van der Waals surface area contributed by atoms with Gasteiger partial charge in [0.1, 0.15) is 6.04 Å². The number of carbonyl (C=O) groups excluding carboxylic acids is 2. The Balaban J connectivity index is 1.84. The SMILES string of the molecule is O=C1NC(c2cccs2)C(=O)N1C1CCC1. The standard InChI is InChI=1S/C11H12N2O2S/c14-10-9(8-5-2-6-16-8)12-11(15)13(10)7-3-1-4-7/h2,5-7,9H,1,3-4H2,(H,12,15). The van der Waals surface area contributed by atoms with E-state index < -0.39 is 6.04 Å². The van der Waals surface area contributed by atoms with Gasteiger partial charge in [-0.25, -0.2) is 4.79 Å². The molecule has 2 fully saturated rings. The molecule has 2 aliphatic rings. The lowest BCUT2D eigenvalue weighted by atomic mass is 9.91. The number of carbonyl (C=O) groups is 2. The minimum Gasteiger partial charge on any atom is -0.321 e. The van der Waals surface area contributed by atoms with Crippen molar-refractivity contribution < 1.29 is 9.59 Å². The summed E-state index contributed by atoms with van der Waals surface area (Å²) >= 11 is 1.50. The second-order valence-corrected chi connectivity index (χ2v) is 5.17. The summed E-state index contributed by atoms with van der Waals surface area (Å²) in [6.45, 7) is 0. The Morgan fingerprint density at radius 1 is 1.38 bits per heavy atom. The summed E-state index contributed by atoms with van der Waals surface area (Å²) in [7, 11) is 0. The third-order valence-electron chi connectivity index (χ3n) is 3.24. The lowest BCUT2D eigenvalue weighted by Crippen LogP contribution is -2.44. The third kappa shape index (κ3) is 1.35. The molecule has 1 aliphatic heterocycles. The van der Waals surface area contributed by atoms with Crippen LogP contribution in [0.2, 0.25) is 0 Å². The lowest BCUT2D eigenvalue weighted by Gasteiger charge is -2.32. The summed E-state index contributed by atoms with van der Waals surface area (Å²) in [5.41, 5.74) is 0. The highest BCUT2D eigenvalue weighted by atomic mass is 32.1. The molecule has 0 radical (unpaired) electrons. The van der Waals surface area contributed by atoms with Crippen molar-refractivity contribution >= 4 is 23.3 Å². The molecule has 16 heavy (non-hydrogen) atoms. The van der Waals surface area contributed by atoms with Crippen LogP contribution in [0.1, 0.15) is 30.2 Å². The van der Waals surface area contributed by atoms with Crippen molar-refractivity contribution in [3.8, 4) is 0 Å². The molecule has 3 amide bonds. The second-order valence-electron chi connectivity index (χ2n) is 4.19. The summed E-state index contributed by atoms with van der Waals surface area (Å²) in [6.07, 6.45) is 3.03. The molecule has 5 heteroatoms. The average Bonchev–Trinajstić information content (AvgIpc) is 2.78. The van der Waals surface area contributed by atoms with Crippen LogP contribution in [0, 0.1) is 0 Å². The molecule has 2 heterocycles. The predicted molar refractivity (Wildman–Crippen MR) is 60.1 cm³/mol. The minimum absolute atomic E-state index is 0.0860. The Morgan fingerprint density at radius 3 is 2.75 bits per heavy atom. The molecule has 0 aromatic carbocycles. The molecule has 1 unspecified atom stereocenters. The van der Waals surface area contributed by atoms with Crippen LogP contribution < -0.4 is 5.32 Å². The summed E-state index contributed by atoms with van der Waals surface area (Å²) < 4.78 is 0. The average molecular weight is 236 g/mol. The first kappa shape index (κ1) is 9.84. The molecular formula is C11H12N2O2S. The minimum atomic E-state index is -0.451. The highest BCUT2D eigenvalue weighted by molar-refractivity contribution is 7.10. The number of rotatable bonds is 2. The van der Waals surface area contributed by atoms with E-state index in [0.717, 1.165) is 24.1 Å². The first-order valence-electron chi connectivity index (χ1n) is 5.44. The van der Waals surface area contributed by atoms with Crippen LogP contribution in [0.5, 0.6) is 0 Å². The van der Waals surface area contributed by atoms with Gasteiger partial charge in [0.05, 0.1) is 0 Å². The summed E-state index contributed by atoms with van der Waals surface area (Å²) in [6, 6.07) is 3.24. The predicted octanol–water partition coefficient (Wildman–Crippen LogP) is 1.89. The normalized spacial score (nSPS) is 25.8. The van der Waals surface area contributed by atoms with Crippen molar-refractivity contribution in [2.75, 3.05) is 0 Å². The Morgan fingerprint density at radius 2 is 2.19 bits per heavy atom. The molecule has 4 nitrogen and oxygen atoms in total. The maximum atomic E-state index is 12.1. The van der Waals surface area contributed by atoms with Gasteiger partial charge in [0.2, 0.25) is 0 Å². The Hall–Kier alpha value is -1.36. The zero-order valence-electron chi connectivity index (χ0n) is 8.68. The van der Waals surface area contributed by atoms with Crippen LogP contribution in [0.25, 0.3) is 0 Å². The van der Waals surface area contributed by atoms with E-state index in [1.165, 1.54) is 16.2 Å². The number of nitrogens with one attached hydrogen (secondary N) is 1. The van der Waals surface area contributed by atoms with Gasteiger partial charge in [-0.15, -0.1) is 11.3 Å². The van der Waals surface area contributed by atoms with Gasteiger partial charge in [-0.05, 0) is 30.7 Å². The lowest BCUT2D eigenvalue weighted by molar-refractivity contribution is -0.130. The number of urea groups is 1. The Kier molecular flexibility index (Phi) is 2.21. The smallest absolute Gasteiger partial charge is 0.321 e. The van der Waals surface area contributed by atoms with Gasteiger partial charge in [0.25, 0.3) is 5.91 Å². The van der Waals surface area contributed by atoms with E-state index >= 15 is 0 Å². The Labute approximate surface area is 97.2 Å². The van der Waals surface area contributed by atoms with Crippen LogP contribution >= 0.6 is 11.3 Å². The first-order chi connectivity index (χ1) is 7.77. The van der Waals surface area contributed by atoms with E-state index in [1.807, 2.05) is 17.5 Å². The number of hydrogen-bond acceptors (Lipinski definition) is 3. The van der Waals surface area contributed by atoms with E-state index in [9.17, 15) is 9.59 Å². The van der Waals surface area contributed by atoms with Crippen molar-refractivity contribution in [3.63, 3.8) is 0 Å². The van der Waals surface area contributed by atoms with Gasteiger partial charge in [0.15, 0.2) is 0 Å². The maximum Gasteiger partial charge on any atom is 0.325 e. The van der Waals surface area contributed by atoms with Gasteiger partial charge in [0, 0.05) is 10.9 Å². The molecule has 1 saturated heterocycles. The van der Waals surface area contributed by atoms with Crippen LogP contribution in [-0.4, -0.2) is 22.9 Å². The first-order valence-corrected chi connectivity index (χ1v) is 6.32. The fourth-order valence-electron chi connectivity index (χ4n) is 2.13. The number of amides is 3. The monoisotopic (exact) mass is 236 g/mol. The van der Waals surface area contributed by atoms with Crippen LogP contribution in [0.4, 0.5) is 4.79 Å². The number of imide groups is 1. The topological polar surface area (TPSA) is 49.4 Å². The van der Waals surface area contributed by atoms with Crippen molar-refractivity contribution in [1.29, 1.82) is 0 Å². The molecule has 84 valence electrons. The third-order valence-corrected chi connectivity index (χ3v) is 4.18. The van der Waals surface area contributed by atoms with E-state index in [0.29, 0.717) is 0 Å². The molecule has 0 bridgehead atoms. The quantitative estimate of drug-likeness (QED) is 0.797. The zero-order chi connectivity index (χ0) is 11.1. The van der Waals surface area contributed by atoms with Crippen molar-refractivity contribution in [2.24, 2.45) is 0 Å². The fourth-order valence-corrected chi connectivity index (χ4v) is 2.90. The van der Waals surface area contributed by atoms with Crippen molar-refractivity contribution in [3.05, 3.63) is 22.4 Å². The van der Waals surface area contributed by atoms with E-state index in [4.69, 9.17) is 0 Å². The second kappa shape index (κ2) is 3.59. The molecule has 1 aliphatic carbocycles. The molecule has 1 aromatic heterocycles. The molecule has 3 rings (SSSR count). The summed E-state index contributed by atoms with van der Waals surface area (Å²) in [5, 5.41) is 4.67. The summed E-state index contributed by atoms with van der Waals surface area (Å²) in [5.74, 6) is -0.0860. The van der Waals surface area contributed by atoms with E-state index in [-0.39, 0.29) is 18.0 Å². The van der Waals surface area contributed by atoms with Crippen molar-refractivity contribution in [2.45, 2.75) is 31.3 Å². The Bertz CT molecular complexity index is 425. The van der Waals surface area contributed by atoms with Gasteiger partial charge < -0.3 is 5.32 Å². The molecule has 0 spiro atoms. The van der Waals surface area contributed by atoms with E-state index in [1.54, 1.807) is 0 Å². The van der Waals surface area contributed by atoms with Gasteiger partial charge in [-0.2, -0.15) is 0 Å². The van der Waals surface area contributed by atoms with Crippen LogP contribution in [0.3, 0.4) is 0 Å². The summed E-state index contributed by atoms with van der Waals surface area (Å²) in [4.78, 5) is 26.1. The number of nitrogens with zero attached hydrogens (tertiary/aromatic N) is 1. The molecule has 1 atom stereocenters. The number of thiophene rings is 1. The molecular weight excluding hydrogens is 224 g/mol. The highest BCUT2D eigenvalue weighted by Crippen LogP contribution is 2.32. The van der Waals surface area contributed by atoms with Crippen LogP contribution in [0.15, 0.2) is 17.5 Å². The molecule has 1 aromatic rings. The van der Waals surface area contributed by atoms with E-state index in [2.05, 4.69) is 5.32 Å². The highest BCUT2D eigenvalue weighted by Gasteiger charge is 2.44. The molecule has 1 N–H and O–H groups in total. The van der Waals surface area contributed by atoms with Gasteiger partial charge >= 0.3 is 6.03 Å². The van der Waals surface area contributed by atoms with Crippen LogP contribution in [-0.2, 0) is 4.79 Å². The van der Waals surface area contributed by atoms with Gasteiger partial charge in [-0.1, -0.05) is 6.07 Å².